The fraction of sp³-hybridized carbons (Fsp3) is 0.182. The van der Waals surface area contributed by atoms with Gasteiger partial charge in [0, 0.05) is 18.5 Å². The van der Waals surface area contributed by atoms with E-state index in [2.05, 4.69) is 5.10 Å². The van der Waals surface area contributed by atoms with E-state index >= 15 is 0 Å². The van der Waals surface area contributed by atoms with Gasteiger partial charge < -0.3 is 10.5 Å². The van der Waals surface area contributed by atoms with Crippen LogP contribution in [0.5, 0.6) is 5.75 Å². The van der Waals surface area contributed by atoms with Crippen LogP contribution in [0.1, 0.15) is 5.56 Å². The molecule has 15 heavy (non-hydrogen) atoms. The second-order valence-electron chi connectivity index (χ2n) is 3.33. The summed E-state index contributed by atoms with van der Waals surface area (Å²) < 4.78 is 6.97. The Morgan fingerprint density at radius 1 is 1.40 bits per heavy atom. The zero-order chi connectivity index (χ0) is 10.8. The Morgan fingerprint density at radius 3 is 2.80 bits per heavy atom. The maximum Gasteiger partial charge on any atom is 0.144 e. The second-order valence-corrected chi connectivity index (χ2v) is 3.33. The smallest absolute Gasteiger partial charge is 0.144 e. The first-order valence-corrected chi connectivity index (χ1v) is 4.66. The summed E-state index contributed by atoms with van der Waals surface area (Å²) in [4.78, 5) is 0. The molecular weight excluding hydrogens is 190 g/mol. The minimum Gasteiger partial charge on any atom is -0.495 e. The zero-order valence-electron chi connectivity index (χ0n) is 8.77. The van der Waals surface area contributed by atoms with Crippen molar-refractivity contribution in [3.63, 3.8) is 0 Å². The van der Waals surface area contributed by atoms with Crippen molar-refractivity contribution in [3.05, 3.63) is 36.2 Å². The van der Waals surface area contributed by atoms with E-state index in [9.17, 15) is 0 Å². The molecule has 0 unspecified atom stereocenters. The average Bonchev–Trinajstić information content (AvgIpc) is 2.75. The molecule has 2 aromatic rings. The van der Waals surface area contributed by atoms with Gasteiger partial charge in [-0.25, -0.2) is 4.68 Å². The maximum atomic E-state index is 5.86. The zero-order valence-corrected chi connectivity index (χ0v) is 8.77. The van der Waals surface area contributed by atoms with Gasteiger partial charge in [0.15, 0.2) is 0 Å². The third-order valence-corrected chi connectivity index (χ3v) is 2.32. The highest BCUT2D eigenvalue weighted by atomic mass is 16.5. The number of aryl methyl sites for hydroxylation is 1. The molecule has 0 aliphatic carbocycles. The van der Waals surface area contributed by atoms with Crippen molar-refractivity contribution in [1.82, 2.24) is 9.78 Å². The molecule has 1 aromatic heterocycles. The quantitative estimate of drug-likeness (QED) is 0.757. The van der Waals surface area contributed by atoms with Crippen molar-refractivity contribution in [1.29, 1.82) is 0 Å². The number of nitrogen functional groups attached to an aromatic ring is 1. The number of nitrogens with two attached hydrogens (primary N) is 1. The first kappa shape index (κ1) is 9.58. The van der Waals surface area contributed by atoms with Crippen molar-refractivity contribution < 1.29 is 4.74 Å². The standard InChI is InChI=1S/C11H13N3O/c1-8-6-9(14-5-3-4-13-14)7-10(15-2)11(8)12/h3-7H,12H2,1-2H3. The van der Waals surface area contributed by atoms with Crippen LogP contribution >= 0.6 is 0 Å². The molecule has 2 rings (SSSR count). The summed E-state index contributed by atoms with van der Waals surface area (Å²) >= 11 is 0. The van der Waals surface area contributed by atoms with Crippen LogP contribution in [0.2, 0.25) is 0 Å². The predicted octanol–water partition coefficient (Wildman–Crippen LogP) is 1.77. The van der Waals surface area contributed by atoms with Crippen LogP contribution in [0.3, 0.4) is 0 Å². The fourth-order valence-electron chi connectivity index (χ4n) is 1.47. The van der Waals surface area contributed by atoms with Crippen molar-refractivity contribution in [2.24, 2.45) is 0 Å². The molecule has 78 valence electrons. The van der Waals surface area contributed by atoms with Crippen molar-refractivity contribution in [2.45, 2.75) is 6.92 Å². The molecule has 0 bridgehead atoms. The van der Waals surface area contributed by atoms with Crippen LogP contribution in [0.4, 0.5) is 5.69 Å². The lowest BCUT2D eigenvalue weighted by Gasteiger charge is -2.10. The molecule has 0 aliphatic heterocycles. The second kappa shape index (κ2) is 3.65. The lowest BCUT2D eigenvalue weighted by Crippen LogP contribution is -2.00. The van der Waals surface area contributed by atoms with Gasteiger partial charge in [-0.05, 0) is 24.6 Å². The van der Waals surface area contributed by atoms with E-state index in [-0.39, 0.29) is 0 Å². The minimum atomic E-state index is 0.674. The molecule has 4 nitrogen and oxygen atoms in total. The third-order valence-electron chi connectivity index (χ3n) is 2.32. The Balaban J connectivity index is 2.55. The van der Waals surface area contributed by atoms with Gasteiger partial charge in [-0.3, -0.25) is 0 Å². The minimum absolute atomic E-state index is 0.674. The highest BCUT2D eigenvalue weighted by molar-refractivity contribution is 5.62. The number of hydrogen-bond donors (Lipinski definition) is 1. The Labute approximate surface area is 88.3 Å². The van der Waals surface area contributed by atoms with Gasteiger partial charge >= 0.3 is 0 Å². The summed E-state index contributed by atoms with van der Waals surface area (Å²) in [5.41, 5.74) is 8.47. The monoisotopic (exact) mass is 203 g/mol. The number of methoxy groups -OCH3 is 1. The molecular formula is C11H13N3O. The van der Waals surface area contributed by atoms with Gasteiger partial charge in [-0.15, -0.1) is 0 Å². The molecule has 0 saturated carbocycles. The van der Waals surface area contributed by atoms with Crippen molar-refractivity contribution in [3.8, 4) is 11.4 Å². The third kappa shape index (κ3) is 1.66. The lowest BCUT2D eigenvalue weighted by molar-refractivity contribution is 0.416. The van der Waals surface area contributed by atoms with Gasteiger partial charge in [-0.1, -0.05) is 0 Å². The molecule has 0 amide bonds. The number of aromatic nitrogens is 2. The van der Waals surface area contributed by atoms with Crippen LogP contribution in [0, 0.1) is 6.92 Å². The first-order valence-electron chi connectivity index (χ1n) is 4.66. The average molecular weight is 203 g/mol. The molecule has 1 aromatic carbocycles. The van der Waals surface area contributed by atoms with Crippen LogP contribution in [0.25, 0.3) is 5.69 Å². The molecule has 4 heteroatoms. The number of rotatable bonds is 2. The van der Waals surface area contributed by atoms with Gasteiger partial charge in [0.05, 0.1) is 18.5 Å². The lowest BCUT2D eigenvalue weighted by atomic mass is 10.1. The number of ether oxygens (including phenoxy) is 1. The summed E-state index contributed by atoms with van der Waals surface area (Å²) in [6.45, 7) is 1.95. The Morgan fingerprint density at radius 2 is 2.20 bits per heavy atom. The molecule has 0 spiro atoms. The summed E-state index contributed by atoms with van der Waals surface area (Å²) in [5.74, 6) is 0.681. The summed E-state index contributed by atoms with van der Waals surface area (Å²) in [7, 11) is 1.61. The summed E-state index contributed by atoms with van der Waals surface area (Å²) in [6.07, 6.45) is 3.61. The summed E-state index contributed by atoms with van der Waals surface area (Å²) in [6, 6.07) is 5.72. The van der Waals surface area contributed by atoms with Gasteiger partial charge in [0.25, 0.3) is 0 Å². The molecule has 0 fully saturated rings. The van der Waals surface area contributed by atoms with E-state index < -0.39 is 0 Å². The normalized spacial score (nSPS) is 10.3. The number of benzene rings is 1. The largest absolute Gasteiger partial charge is 0.495 e. The highest BCUT2D eigenvalue weighted by Gasteiger charge is 2.06. The molecule has 1 heterocycles. The van der Waals surface area contributed by atoms with E-state index in [0.29, 0.717) is 11.4 Å². The van der Waals surface area contributed by atoms with Gasteiger partial charge in [0.2, 0.25) is 0 Å². The van der Waals surface area contributed by atoms with Crippen LogP contribution in [-0.4, -0.2) is 16.9 Å². The van der Waals surface area contributed by atoms with Crippen LogP contribution in [0.15, 0.2) is 30.6 Å². The van der Waals surface area contributed by atoms with E-state index in [4.69, 9.17) is 10.5 Å². The van der Waals surface area contributed by atoms with Gasteiger partial charge in [0.1, 0.15) is 5.75 Å². The Bertz CT molecular complexity index is 463. The Hall–Kier alpha value is -1.97. The van der Waals surface area contributed by atoms with E-state index in [1.165, 1.54) is 0 Å². The first-order chi connectivity index (χ1) is 7.22. The number of nitrogens with zero attached hydrogens (tertiary/aromatic N) is 2. The molecule has 0 aliphatic rings. The number of anilines is 1. The van der Waals surface area contributed by atoms with Crippen LogP contribution < -0.4 is 10.5 Å². The molecule has 0 atom stereocenters. The Kier molecular flexibility index (Phi) is 2.33. The van der Waals surface area contributed by atoms with Gasteiger partial charge in [-0.2, -0.15) is 5.10 Å². The van der Waals surface area contributed by atoms with E-state index in [1.54, 1.807) is 18.0 Å². The SMILES string of the molecule is COc1cc(-n2cccn2)cc(C)c1N. The topological polar surface area (TPSA) is 53.1 Å². The molecule has 0 saturated heterocycles. The summed E-state index contributed by atoms with van der Waals surface area (Å²) in [5, 5.41) is 4.15. The highest BCUT2D eigenvalue weighted by Crippen LogP contribution is 2.27. The number of hydrogen-bond acceptors (Lipinski definition) is 3. The predicted molar refractivity (Wildman–Crippen MR) is 59.3 cm³/mol. The maximum absolute atomic E-state index is 5.86. The van der Waals surface area contributed by atoms with Crippen molar-refractivity contribution in [2.75, 3.05) is 12.8 Å². The molecule has 0 radical (unpaired) electrons. The van der Waals surface area contributed by atoms with Crippen molar-refractivity contribution >= 4 is 5.69 Å². The van der Waals surface area contributed by atoms with E-state index in [0.717, 1.165) is 11.3 Å². The fourth-order valence-corrected chi connectivity index (χ4v) is 1.47. The van der Waals surface area contributed by atoms with E-state index in [1.807, 2.05) is 31.3 Å². The van der Waals surface area contributed by atoms with Crippen LogP contribution in [-0.2, 0) is 0 Å². The molecule has 2 N–H and O–H groups in total.